The lowest BCUT2D eigenvalue weighted by Crippen LogP contribution is -2.53. The van der Waals surface area contributed by atoms with Crippen LogP contribution >= 0.6 is 0 Å². The van der Waals surface area contributed by atoms with Crippen LogP contribution in [-0.2, 0) is 26.5 Å². The number of imidazole rings is 1. The van der Waals surface area contributed by atoms with E-state index < -0.39 is 11.7 Å². The molecule has 8 nitrogen and oxygen atoms in total. The Kier molecular flexibility index (Phi) is 4.80. The van der Waals surface area contributed by atoms with E-state index in [1.165, 1.54) is 0 Å². The molecule has 1 aromatic heterocycles. The van der Waals surface area contributed by atoms with Crippen LogP contribution in [0, 0.1) is 0 Å². The quantitative estimate of drug-likeness (QED) is 0.872. The largest absolute Gasteiger partial charge is 0.497 e. The summed E-state index contributed by atoms with van der Waals surface area (Å²) in [5.74, 6) is 1.36. The first-order valence-electron chi connectivity index (χ1n) is 9.41. The number of methoxy groups -OCH3 is 1. The Morgan fingerprint density at radius 3 is 2.82 bits per heavy atom. The van der Waals surface area contributed by atoms with Crippen LogP contribution in [0.4, 0.5) is 5.69 Å². The zero-order valence-electron chi connectivity index (χ0n) is 16.1. The lowest BCUT2D eigenvalue weighted by molar-refractivity contribution is -0.172. The van der Waals surface area contributed by atoms with Crippen molar-refractivity contribution >= 4 is 17.5 Å². The second kappa shape index (κ2) is 7.27. The van der Waals surface area contributed by atoms with Gasteiger partial charge in [0.05, 0.1) is 13.7 Å². The van der Waals surface area contributed by atoms with E-state index in [2.05, 4.69) is 10.3 Å². The van der Waals surface area contributed by atoms with Crippen LogP contribution in [-0.4, -0.2) is 52.6 Å². The van der Waals surface area contributed by atoms with Gasteiger partial charge in [-0.3, -0.25) is 9.59 Å². The Bertz CT molecular complexity index is 886. The second-order valence-corrected chi connectivity index (χ2v) is 7.23. The zero-order valence-corrected chi connectivity index (χ0v) is 16.1. The fraction of sp³-hybridized carbons (Fsp3) is 0.450. The number of carbonyl (C=O) groups is 2. The number of benzene rings is 1. The number of piperidine rings is 1. The van der Waals surface area contributed by atoms with Gasteiger partial charge in [0.1, 0.15) is 17.2 Å². The number of hydrogen-bond donors (Lipinski definition) is 1. The number of anilines is 1. The lowest BCUT2D eigenvalue weighted by atomic mass is 9.88. The molecular weight excluding hydrogens is 360 g/mol. The summed E-state index contributed by atoms with van der Waals surface area (Å²) in [5, 5.41) is 2.92. The van der Waals surface area contributed by atoms with E-state index in [9.17, 15) is 9.59 Å². The Morgan fingerprint density at radius 2 is 2.11 bits per heavy atom. The highest BCUT2D eigenvalue weighted by molar-refractivity contribution is 5.94. The van der Waals surface area contributed by atoms with E-state index in [1.807, 2.05) is 33.9 Å². The maximum atomic E-state index is 12.9. The fourth-order valence-corrected chi connectivity index (χ4v) is 3.98. The number of nitrogens with zero attached hydrogens (tertiary/aromatic N) is 3. The van der Waals surface area contributed by atoms with Crippen LogP contribution in [0.3, 0.4) is 0 Å². The summed E-state index contributed by atoms with van der Waals surface area (Å²) < 4.78 is 13.6. The van der Waals surface area contributed by atoms with Crippen molar-refractivity contribution in [1.82, 2.24) is 14.5 Å². The van der Waals surface area contributed by atoms with E-state index in [-0.39, 0.29) is 11.8 Å². The van der Waals surface area contributed by atoms with Crippen molar-refractivity contribution in [3.05, 3.63) is 42.5 Å². The van der Waals surface area contributed by atoms with Crippen LogP contribution in [0.15, 0.2) is 36.7 Å². The molecule has 2 amide bonds. The number of fused-ring (bicyclic) bond motifs is 2. The van der Waals surface area contributed by atoms with Gasteiger partial charge in [0.2, 0.25) is 5.91 Å². The van der Waals surface area contributed by atoms with Crippen LogP contribution < -0.4 is 10.1 Å². The number of carbonyl (C=O) groups excluding carboxylic acids is 2. The van der Waals surface area contributed by atoms with Crippen molar-refractivity contribution in [2.75, 3.05) is 25.5 Å². The van der Waals surface area contributed by atoms with Gasteiger partial charge >= 0.3 is 0 Å². The summed E-state index contributed by atoms with van der Waals surface area (Å²) in [5.41, 5.74) is 0.00852. The topological polar surface area (TPSA) is 85.7 Å². The highest BCUT2D eigenvalue weighted by atomic mass is 16.5. The zero-order chi connectivity index (χ0) is 19.7. The minimum atomic E-state index is -0.649. The van der Waals surface area contributed by atoms with Crippen LogP contribution in [0.25, 0.3) is 0 Å². The predicted molar refractivity (Wildman–Crippen MR) is 102 cm³/mol. The minimum Gasteiger partial charge on any atom is -0.497 e. The number of amides is 2. The number of hydrogen-bond acceptors (Lipinski definition) is 5. The summed E-state index contributed by atoms with van der Waals surface area (Å²) in [6, 6.07) is 7.23. The minimum absolute atomic E-state index is 0.0568. The molecule has 0 unspecified atom stereocenters. The second-order valence-electron chi connectivity index (χ2n) is 7.23. The highest BCUT2D eigenvalue weighted by Gasteiger charge is 2.47. The molecule has 8 heteroatoms. The first kappa shape index (κ1) is 18.5. The van der Waals surface area contributed by atoms with Crippen molar-refractivity contribution in [3.8, 4) is 5.75 Å². The van der Waals surface area contributed by atoms with Crippen LogP contribution in [0.5, 0.6) is 5.75 Å². The molecule has 0 aliphatic carbocycles. The molecule has 2 aromatic rings. The van der Waals surface area contributed by atoms with Gasteiger partial charge in [0.25, 0.3) is 5.91 Å². The SMILES string of the molecule is COc1cccc(NC(=O)[C@@H]2Cn3ccnc3C3(CCN(C(C)=O)CC3)O2)c1. The molecule has 1 atom stereocenters. The molecule has 0 bridgehead atoms. The normalized spacial score (nSPS) is 20.5. The Labute approximate surface area is 163 Å². The molecule has 28 heavy (non-hydrogen) atoms. The number of nitrogens with one attached hydrogen (secondary N) is 1. The smallest absolute Gasteiger partial charge is 0.255 e. The summed E-state index contributed by atoms with van der Waals surface area (Å²) in [6.45, 7) is 3.16. The summed E-state index contributed by atoms with van der Waals surface area (Å²) in [4.78, 5) is 30.9. The molecule has 3 heterocycles. The maximum Gasteiger partial charge on any atom is 0.255 e. The number of rotatable bonds is 3. The molecule has 1 fully saturated rings. The molecule has 0 saturated carbocycles. The van der Waals surface area contributed by atoms with Crippen molar-refractivity contribution in [3.63, 3.8) is 0 Å². The molecule has 0 radical (unpaired) electrons. The Hall–Kier alpha value is -2.87. The molecule has 1 aromatic carbocycles. The molecule has 1 saturated heterocycles. The highest BCUT2D eigenvalue weighted by Crippen LogP contribution is 2.40. The Balaban J connectivity index is 1.53. The van der Waals surface area contributed by atoms with Gasteiger partial charge in [-0.1, -0.05) is 6.07 Å². The third kappa shape index (κ3) is 3.35. The number of aromatic nitrogens is 2. The van der Waals surface area contributed by atoms with Crippen molar-refractivity contribution < 1.29 is 19.1 Å². The van der Waals surface area contributed by atoms with Crippen LogP contribution in [0.2, 0.25) is 0 Å². The molecule has 2 aliphatic rings. The molecular formula is C20H24N4O4. The monoisotopic (exact) mass is 384 g/mol. The van der Waals surface area contributed by atoms with Gasteiger partial charge < -0.3 is 24.3 Å². The molecule has 1 spiro atoms. The average molecular weight is 384 g/mol. The first-order chi connectivity index (χ1) is 13.5. The summed E-state index contributed by atoms with van der Waals surface area (Å²) in [6.07, 6.45) is 4.21. The molecule has 148 valence electrons. The standard InChI is InChI=1S/C20H24N4O4/c1-14(25)23-9-6-20(7-10-23)19-21-8-11-24(19)13-17(28-20)18(26)22-15-4-3-5-16(12-15)27-2/h3-5,8,11-12,17H,6-7,9-10,13H2,1-2H3,(H,22,26)/t17-/m0/s1. The third-order valence-corrected chi connectivity index (χ3v) is 5.50. The fourth-order valence-electron chi connectivity index (χ4n) is 3.98. The van der Waals surface area contributed by atoms with Gasteiger partial charge in [-0.2, -0.15) is 0 Å². The first-order valence-corrected chi connectivity index (χ1v) is 9.41. The van der Waals surface area contributed by atoms with Gasteiger partial charge in [0, 0.05) is 57.0 Å². The average Bonchev–Trinajstić information content (AvgIpc) is 3.18. The van der Waals surface area contributed by atoms with Gasteiger partial charge in [-0.15, -0.1) is 0 Å². The Morgan fingerprint density at radius 1 is 1.32 bits per heavy atom. The van der Waals surface area contributed by atoms with Gasteiger partial charge in [-0.05, 0) is 12.1 Å². The molecule has 2 aliphatic heterocycles. The number of likely N-dealkylation sites (tertiary alicyclic amines) is 1. The van der Waals surface area contributed by atoms with Crippen molar-refractivity contribution in [2.24, 2.45) is 0 Å². The van der Waals surface area contributed by atoms with Gasteiger partial charge in [-0.25, -0.2) is 4.98 Å². The summed E-state index contributed by atoms with van der Waals surface area (Å²) >= 11 is 0. The van der Waals surface area contributed by atoms with E-state index in [1.54, 1.807) is 26.3 Å². The van der Waals surface area contributed by atoms with E-state index >= 15 is 0 Å². The van der Waals surface area contributed by atoms with E-state index in [0.29, 0.717) is 43.9 Å². The van der Waals surface area contributed by atoms with Crippen LogP contribution in [0.1, 0.15) is 25.6 Å². The van der Waals surface area contributed by atoms with E-state index in [0.717, 1.165) is 5.82 Å². The molecule has 4 rings (SSSR count). The number of ether oxygens (including phenoxy) is 2. The third-order valence-electron chi connectivity index (χ3n) is 5.50. The lowest BCUT2D eigenvalue weighted by Gasteiger charge is -2.45. The molecule has 1 N–H and O–H groups in total. The predicted octanol–water partition coefficient (Wildman–Crippen LogP) is 1.77. The summed E-state index contributed by atoms with van der Waals surface area (Å²) in [7, 11) is 1.59. The van der Waals surface area contributed by atoms with E-state index in [4.69, 9.17) is 9.47 Å². The maximum absolute atomic E-state index is 12.9. The van der Waals surface area contributed by atoms with Crippen molar-refractivity contribution in [2.45, 2.75) is 38.0 Å². The van der Waals surface area contributed by atoms with Gasteiger partial charge in [0.15, 0.2) is 6.10 Å². The van der Waals surface area contributed by atoms with Crippen molar-refractivity contribution in [1.29, 1.82) is 0 Å².